The summed E-state index contributed by atoms with van der Waals surface area (Å²) < 4.78 is 5.30. The highest BCUT2D eigenvalue weighted by Gasteiger charge is 2.12. The molecule has 0 aliphatic carbocycles. The SMILES string of the molecule is Cc1cc(-c2nc(-c3ccc(CCO)cc3)no2)nc(C)n1. The molecular weight excluding hydrogens is 280 g/mol. The van der Waals surface area contributed by atoms with E-state index in [-0.39, 0.29) is 6.61 Å². The number of benzene rings is 1. The third-order valence-corrected chi connectivity index (χ3v) is 3.22. The number of aryl methyl sites for hydroxylation is 2. The summed E-state index contributed by atoms with van der Waals surface area (Å²) in [5, 5.41) is 12.9. The maximum atomic E-state index is 8.93. The average molecular weight is 296 g/mol. The van der Waals surface area contributed by atoms with Crippen molar-refractivity contribution in [1.29, 1.82) is 0 Å². The molecule has 112 valence electrons. The number of hydrogen-bond donors (Lipinski definition) is 1. The molecule has 0 amide bonds. The van der Waals surface area contributed by atoms with Crippen LogP contribution in [0.2, 0.25) is 0 Å². The lowest BCUT2D eigenvalue weighted by atomic mass is 10.1. The van der Waals surface area contributed by atoms with Gasteiger partial charge < -0.3 is 9.63 Å². The predicted octanol–water partition coefficient (Wildman–Crippen LogP) is 2.35. The Balaban J connectivity index is 1.89. The summed E-state index contributed by atoms with van der Waals surface area (Å²) in [5.41, 5.74) is 3.41. The van der Waals surface area contributed by atoms with Gasteiger partial charge in [0.15, 0.2) is 0 Å². The van der Waals surface area contributed by atoms with Crippen LogP contribution < -0.4 is 0 Å². The summed E-state index contributed by atoms with van der Waals surface area (Å²) >= 11 is 0. The number of aromatic nitrogens is 4. The van der Waals surface area contributed by atoms with Gasteiger partial charge in [0.05, 0.1) is 0 Å². The lowest BCUT2D eigenvalue weighted by Crippen LogP contribution is -1.94. The molecule has 3 aromatic rings. The zero-order valence-electron chi connectivity index (χ0n) is 12.4. The molecule has 0 fully saturated rings. The Morgan fingerprint density at radius 2 is 1.82 bits per heavy atom. The van der Waals surface area contributed by atoms with Crippen molar-refractivity contribution in [2.24, 2.45) is 0 Å². The van der Waals surface area contributed by atoms with E-state index in [1.807, 2.05) is 44.2 Å². The van der Waals surface area contributed by atoms with Gasteiger partial charge in [-0.15, -0.1) is 0 Å². The van der Waals surface area contributed by atoms with Crippen LogP contribution in [0.4, 0.5) is 0 Å². The molecule has 2 heterocycles. The molecule has 22 heavy (non-hydrogen) atoms. The quantitative estimate of drug-likeness (QED) is 0.795. The highest BCUT2D eigenvalue weighted by molar-refractivity contribution is 5.58. The summed E-state index contributed by atoms with van der Waals surface area (Å²) in [6.07, 6.45) is 0.636. The fourth-order valence-corrected chi connectivity index (χ4v) is 2.22. The first-order chi connectivity index (χ1) is 10.7. The van der Waals surface area contributed by atoms with E-state index in [0.29, 0.717) is 29.7 Å². The first-order valence-electron chi connectivity index (χ1n) is 7.02. The van der Waals surface area contributed by atoms with Gasteiger partial charge in [0.1, 0.15) is 11.5 Å². The Morgan fingerprint density at radius 3 is 2.50 bits per heavy atom. The van der Waals surface area contributed by atoms with E-state index in [0.717, 1.165) is 16.8 Å². The highest BCUT2D eigenvalue weighted by Crippen LogP contribution is 2.21. The summed E-state index contributed by atoms with van der Waals surface area (Å²) in [6.45, 7) is 3.86. The van der Waals surface area contributed by atoms with Crippen molar-refractivity contribution in [3.8, 4) is 23.0 Å². The Kier molecular flexibility index (Phi) is 3.93. The van der Waals surface area contributed by atoms with Gasteiger partial charge in [-0.1, -0.05) is 29.4 Å². The second-order valence-electron chi connectivity index (χ2n) is 5.04. The third-order valence-electron chi connectivity index (χ3n) is 3.22. The fourth-order valence-electron chi connectivity index (χ4n) is 2.22. The van der Waals surface area contributed by atoms with Crippen LogP contribution in [0.15, 0.2) is 34.9 Å². The van der Waals surface area contributed by atoms with E-state index in [4.69, 9.17) is 9.63 Å². The van der Waals surface area contributed by atoms with E-state index < -0.39 is 0 Å². The molecule has 1 N–H and O–H groups in total. The number of hydrogen-bond acceptors (Lipinski definition) is 6. The number of aliphatic hydroxyl groups is 1. The smallest absolute Gasteiger partial charge is 0.276 e. The molecule has 0 spiro atoms. The van der Waals surface area contributed by atoms with Crippen LogP contribution in [0.25, 0.3) is 23.0 Å². The molecule has 6 nitrogen and oxygen atoms in total. The summed E-state index contributed by atoms with van der Waals surface area (Å²) in [7, 11) is 0. The van der Waals surface area contributed by atoms with Crippen molar-refractivity contribution in [3.05, 3.63) is 47.4 Å². The molecule has 2 aromatic heterocycles. The van der Waals surface area contributed by atoms with Crippen molar-refractivity contribution in [2.75, 3.05) is 6.61 Å². The van der Waals surface area contributed by atoms with E-state index in [1.54, 1.807) is 0 Å². The minimum absolute atomic E-state index is 0.137. The first kappa shape index (κ1) is 14.3. The van der Waals surface area contributed by atoms with Crippen LogP contribution in [-0.2, 0) is 6.42 Å². The number of nitrogens with zero attached hydrogens (tertiary/aromatic N) is 4. The minimum Gasteiger partial charge on any atom is -0.396 e. The third kappa shape index (κ3) is 3.01. The second-order valence-corrected chi connectivity index (χ2v) is 5.04. The number of aliphatic hydroxyl groups excluding tert-OH is 1. The first-order valence-corrected chi connectivity index (χ1v) is 7.02. The van der Waals surface area contributed by atoms with Gasteiger partial charge in [0.25, 0.3) is 5.89 Å². The molecule has 1 aromatic carbocycles. The Morgan fingerprint density at radius 1 is 1.05 bits per heavy atom. The molecule has 0 aliphatic rings. The molecule has 0 bridgehead atoms. The Bertz CT molecular complexity index is 761. The van der Waals surface area contributed by atoms with Gasteiger partial charge in [0.2, 0.25) is 5.82 Å². The molecule has 0 atom stereocenters. The normalized spacial score (nSPS) is 10.9. The number of rotatable bonds is 4. The summed E-state index contributed by atoms with van der Waals surface area (Å²) in [4.78, 5) is 12.9. The van der Waals surface area contributed by atoms with Gasteiger partial charge in [-0.05, 0) is 31.9 Å². The maximum absolute atomic E-state index is 8.93. The van der Waals surface area contributed by atoms with E-state index in [9.17, 15) is 0 Å². The van der Waals surface area contributed by atoms with E-state index in [1.165, 1.54) is 0 Å². The van der Waals surface area contributed by atoms with Crippen molar-refractivity contribution in [1.82, 2.24) is 20.1 Å². The van der Waals surface area contributed by atoms with Gasteiger partial charge >= 0.3 is 0 Å². The Labute approximate surface area is 127 Å². The molecule has 3 rings (SSSR count). The summed E-state index contributed by atoms with van der Waals surface area (Å²) in [5.74, 6) is 1.56. The minimum atomic E-state index is 0.137. The van der Waals surface area contributed by atoms with Crippen molar-refractivity contribution in [2.45, 2.75) is 20.3 Å². The zero-order valence-corrected chi connectivity index (χ0v) is 12.4. The molecule has 0 saturated carbocycles. The van der Waals surface area contributed by atoms with Crippen molar-refractivity contribution >= 4 is 0 Å². The van der Waals surface area contributed by atoms with Crippen LogP contribution in [-0.4, -0.2) is 31.8 Å². The van der Waals surface area contributed by atoms with Crippen LogP contribution >= 0.6 is 0 Å². The van der Waals surface area contributed by atoms with Crippen LogP contribution in [0.1, 0.15) is 17.1 Å². The lowest BCUT2D eigenvalue weighted by molar-refractivity contribution is 0.299. The van der Waals surface area contributed by atoms with Gasteiger partial charge in [-0.3, -0.25) is 0 Å². The molecule has 6 heteroatoms. The predicted molar refractivity (Wildman–Crippen MR) is 81.0 cm³/mol. The van der Waals surface area contributed by atoms with E-state index >= 15 is 0 Å². The van der Waals surface area contributed by atoms with E-state index in [2.05, 4.69) is 20.1 Å². The fraction of sp³-hybridized carbons (Fsp3) is 0.250. The molecular formula is C16H16N4O2. The second kappa shape index (κ2) is 6.03. The van der Waals surface area contributed by atoms with Gasteiger partial charge in [-0.2, -0.15) is 4.98 Å². The Hall–Kier alpha value is -2.60. The zero-order chi connectivity index (χ0) is 15.5. The molecule has 0 saturated heterocycles. The topological polar surface area (TPSA) is 84.9 Å². The lowest BCUT2D eigenvalue weighted by Gasteiger charge is -1.99. The van der Waals surface area contributed by atoms with Crippen LogP contribution in [0.3, 0.4) is 0 Å². The summed E-state index contributed by atoms with van der Waals surface area (Å²) in [6, 6.07) is 9.53. The maximum Gasteiger partial charge on any atom is 0.276 e. The van der Waals surface area contributed by atoms with Gasteiger partial charge in [-0.25, -0.2) is 9.97 Å². The van der Waals surface area contributed by atoms with Crippen molar-refractivity contribution < 1.29 is 9.63 Å². The van der Waals surface area contributed by atoms with Crippen molar-refractivity contribution in [3.63, 3.8) is 0 Å². The molecule has 0 aliphatic heterocycles. The highest BCUT2D eigenvalue weighted by atomic mass is 16.5. The standard InChI is InChI=1S/C16H16N4O2/c1-10-9-14(18-11(2)17-10)16-19-15(20-22-16)13-5-3-12(4-6-13)7-8-21/h3-6,9,21H,7-8H2,1-2H3. The van der Waals surface area contributed by atoms with Crippen LogP contribution in [0.5, 0.6) is 0 Å². The molecule has 0 unspecified atom stereocenters. The van der Waals surface area contributed by atoms with Crippen LogP contribution in [0, 0.1) is 13.8 Å². The average Bonchev–Trinajstić information content (AvgIpc) is 2.97. The molecule has 0 radical (unpaired) electrons. The largest absolute Gasteiger partial charge is 0.396 e. The van der Waals surface area contributed by atoms with Gasteiger partial charge in [0, 0.05) is 17.9 Å². The monoisotopic (exact) mass is 296 g/mol.